The van der Waals surface area contributed by atoms with Gasteiger partial charge in [-0.2, -0.15) is 5.26 Å². The molecule has 0 spiro atoms. The van der Waals surface area contributed by atoms with Crippen molar-refractivity contribution >= 4 is 23.3 Å². The summed E-state index contributed by atoms with van der Waals surface area (Å²) in [6, 6.07) is 12.3. The molecule has 9 heteroatoms. The number of hydrogen-bond acceptors (Lipinski definition) is 7. The minimum Gasteiger partial charge on any atom is -0.490 e. The van der Waals surface area contributed by atoms with E-state index >= 15 is 0 Å². The van der Waals surface area contributed by atoms with Gasteiger partial charge in [0.25, 0.3) is 5.91 Å². The van der Waals surface area contributed by atoms with Crippen molar-refractivity contribution in [2.24, 2.45) is 0 Å². The van der Waals surface area contributed by atoms with Gasteiger partial charge in [-0.1, -0.05) is 12.1 Å². The predicted molar refractivity (Wildman–Crippen MR) is 94.3 cm³/mol. The van der Waals surface area contributed by atoms with Crippen LogP contribution in [0, 0.1) is 21.4 Å². The van der Waals surface area contributed by atoms with Gasteiger partial charge < -0.3 is 14.8 Å². The highest BCUT2D eigenvalue weighted by atomic mass is 16.6. The smallest absolute Gasteiger partial charge is 0.338 e. The lowest BCUT2D eigenvalue weighted by molar-refractivity contribution is -0.385. The molecular weight excluding hydrogens is 354 g/mol. The monoisotopic (exact) mass is 369 g/mol. The number of rotatable bonds is 7. The fraction of sp³-hybridized carbons (Fsp3) is 0.167. The van der Waals surface area contributed by atoms with E-state index in [-0.39, 0.29) is 23.4 Å². The van der Waals surface area contributed by atoms with Crippen LogP contribution in [-0.4, -0.2) is 30.5 Å². The van der Waals surface area contributed by atoms with Gasteiger partial charge in [0, 0.05) is 11.8 Å². The number of hydrogen-bond donors (Lipinski definition) is 1. The molecule has 2 aromatic rings. The van der Waals surface area contributed by atoms with Gasteiger partial charge in [0.1, 0.15) is 0 Å². The van der Waals surface area contributed by atoms with Crippen LogP contribution in [0.1, 0.15) is 15.9 Å². The molecule has 0 heterocycles. The third kappa shape index (κ3) is 5.27. The van der Waals surface area contributed by atoms with Crippen molar-refractivity contribution in [3.63, 3.8) is 0 Å². The number of anilines is 1. The van der Waals surface area contributed by atoms with Crippen molar-refractivity contribution in [1.29, 1.82) is 5.26 Å². The highest BCUT2D eigenvalue weighted by Gasteiger charge is 2.19. The molecule has 2 rings (SSSR count). The van der Waals surface area contributed by atoms with Crippen LogP contribution < -0.4 is 10.1 Å². The maximum atomic E-state index is 12.0. The number of amides is 1. The Morgan fingerprint density at radius 1 is 1.22 bits per heavy atom. The quantitative estimate of drug-likeness (QED) is 0.450. The van der Waals surface area contributed by atoms with Crippen molar-refractivity contribution in [3.05, 3.63) is 63.7 Å². The van der Waals surface area contributed by atoms with E-state index in [4.69, 9.17) is 14.7 Å². The van der Waals surface area contributed by atoms with Gasteiger partial charge in [0.05, 0.1) is 30.1 Å². The fourth-order valence-corrected chi connectivity index (χ4v) is 2.17. The molecule has 9 nitrogen and oxygen atoms in total. The zero-order valence-electron chi connectivity index (χ0n) is 14.3. The standard InChI is InChI=1S/C18H15N3O6/c1-26-16-7-4-13(10-15(16)21(24)25)18(23)27-11-17(22)20-14-5-2-12(3-6-14)8-9-19/h2-7,10H,8,11H2,1H3,(H,20,22). The lowest BCUT2D eigenvalue weighted by Crippen LogP contribution is -2.21. The number of esters is 1. The minimum absolute atomic E-state index is 0.00846. The fourth-order valence-electron chi connectivity index (χ4n) is 2.17. The maximum Gasteiger partial charge on any atom is 0.338 e. The number of nitro benzene ring substituents is 1. The molecule has 0 saturated heterocycles. The predicted octanol–water partition coefficient (Wildman–Crippen LogP) is 2.46. The van der Waals surface area contributed by atoms with E-state index in [1.54, 1.807) is 24.3 Å². The second-order valence-corrected chi connectivity index (χ2v) is 5.30. The molecule has 0 aromatic heterocycles. The number of nitro groups is 1. The molecule has 0 saturated carbocycles. The summed E-state index contributed by atoms with van der Waals surface area (Å²) in [5.41, 5.74) is 0.839. The Morgan fingerprint density at radius 3 is 2.52 bits per heavy atom. The first-order valence-electron chi connectivity index (χ1n) is 7.70. The van der Waals surface area contributed by atoms with E-state index in [2.05, 4.69) is 5.32 Å². The molecule has 0 atom stereocenters. The van der Waals surface area contributed by atoms with Gasteiger partial charge in [-0.3, -0.25) is 14.9 Å². The van der Waals surface area contributed by atoms with Crippen LogP contribution in [0.4, 0.5) is 11.4 Å². The van der Waals surface area contributed by atoms with Gasteiger partial charge in [0.15, 0.2) is 12.4 Å². The molecule has 2 aromatic carbocycles. The molecule has 0 bridgehead atoms. The second-order valence-electron chi connectivity index (χ2n) is 5.30. The summed E-state index contributed by atoms with van der Waals surface area (Å²) >= 11 is 0. The third-order valence-corrected chi connectivity index (χ3v) is 3.47. The average molecular weight is 369 g/mol. The number of methoxy groups -OCH3 is 1. The van der Waals surface area contributed by atoms with Gasteiger partial charge in [-0.05, 0) is 29.8 Å². The zero-order chi connectivity index (χ0) is 19.8. The van der Waals surface area contributed by atoms with E-state index < -0.39 is 23.4 Å². The molecule has 0 fully saturated rings. The van der Waals surface area contributed by atoms with E-state index in [0.29, 0.717) is 5.69 Å². The SMILES string of the molecule is COc1ccc(C(=O)OCC(=O)Nc2ccc(CC#N)cc2)cc1[N+](=O)[O-]. The summed E-state index contributed by atoms with van der Waals surface area (Å²) in [5, 5.41) is 22.1. The Balaban J connectivity index is 1.94. The highest BCUT2D eigenvalue weighted by Crippen LogP contribution is 2.27. The van der Waals surface area contributed by atoms with Crippen LogP contribution in [0.15, 0.2) is 42.5 Å². The summed E-state index contributed by atoms with van der Waals surface area (Å²) in [4.78, 5) is 34.2. The van der Waals surface area contributed by atoms with Gasteiger partial charge >= 0.3 is 11.7 Å². The Kier molecular flexibility index (Phi) is 6.44. The summed E-state index contributed by atoms with van der Waals surface area (Å²) < 4.78 is 9.73. The molecule has 0 radical (unpaired) electrons. The zero-order valence-corrected chi connectivity index (χ0v) is 14.3. The van der Waals surface area contributed by atoms with Crippen molar-refractivity contribution in [3.8, 4) is 11.8 Å². The first kappa shape index (κ1) is 19.4. The average Bonchev–Trinajstić information content (AvgIpc) is 2.67. The molecule has 0 aliphatic carbocycles. The Hall–Kier alpha value is -3.93. The van der Waals surface area contributed by atoms with Crippen molar-refractivity contribution in [1.82, 2.24) is 0 Å². The summed E-state index contributed by atoms with van der Waals surface area (Å²) in [6.07, 6.45) is 0.264. The lowest BCUT2D eigenvalue weighted by Gasteiger charge is -2.08. The Bertz CT molecular complexity index is 902. The minimum atomic E-state index is -0.875. The number of carbonyl (C=O) groups is 2. The van der Waals surface area contributed by atoms with Crippen molar-refractivity contribution in [2.75, 3.05) is 19.0 Å². The van der Waals surface area contributed by atoms with E-state index in [9.17, 15) is 19.7 Å². The number of benzene rings is 2. The van der Waals surface area contributed by atoms with Crippen molar-refractivity contribution in [2.45, 2.75) is 6.42 Å². The summed E-state index contributed by atoms with van der Waals surface area (Å²) in [7, 11) is 1.28. The van der Waals surface area contributed by atoms with E-state index in [0.717, 1.165) is 11.6 Å². The Labute approximate surface area is 154 Å². The molecule has 138 valence electrons. The molecule has 0 aliphatic rings. The first-order chi connectivity index (χ1) is 12.9. The van der Waals surface area contributed by atoms with Crippen LogP contribution >= 0.6 is 0 Å². The molecule has 0 unspecified atom stereocenters. The largest absolute Gasteiger partial charge is 0.490 e. The molecule has 1 N–H and O–H groups in total. The molecular formula is C18H15N3O6. The van der Waals surface area contributed by atoms with Crippen molar-refractivity contribution < 1.29 is 24.0 Å². The van der Waals surface area contributed by atoms with Gasteiger partial charge in [-0.25, -0.2) is 4.79 Å². The second kappa shape index (κ2) is 8.96. The molecule has 1 amide bonds. The molecule has 0 aliphatic heterocycles. The van der Waals surface area contributed by atoms with Gasteiger partial charge in [0.2, 0.25) is 0 Å². The normalized spacial score (nSPS) is 9.78. The van der Waals surface area contributed by atoms with Crippen LogP contribution in [-0.2, 0) is 16.0 Å². The highest BCUT2D eigenvalue weighted by molar-refractivity contribution is 5.95. The number of nitrogens with zero attached hydrogens (tertiary/aromatic N) is 2. The Morgan fingerprint density at radius 2 is 1.93 bits per heavy atom. The topological polar surface area (TPSA) is 132 Å². The number of nitrogens with one attached hydrogen (secondary N) is 1. The maximum absolute atomic E-state index is 12.0. The van der Waals surface area contributed by atoms with Crippen LogP contribution in [0.5, 0.6) is 5.75 Å². The number of ether oxygens (including phenoxy) is 2. The first-order valence-corrected chi connectivity index (χ1v) is 7.70. The summed E-state index contributed by atoms with van der Waals surface area (Å²) in [5.74, 6) is -1.44. The van der Waals surface area contributed by atoms with Crippen LogP contribution in [0.2, 0.25) is 0 Å². The van der Waals surface area contributed by atoms with Gasteiger partial charge in [-0.15, -0.1) is 0 Å². The number of nitriles is 1. The molecule has 27 heavy (non-hydrogen) atoms. The third-order valence-electron chi connectivity index (χ3n) is 3.47. The van der Waals surface area contributed by atoms with E-state index in [1.807, 2.05) is 6.07 Å². The van der Waals surface area contributed by atoms with E-state index in [1.165, 1.54) is 19.2 Å². The van der Waals surface area contributed by atoms with Crippen LogP contribution in [0.3, 0.4) is 0 Å². The summed E-state index contributed by atoms with van der Waals surface area (Å²) in [6.45, 7) is -0.557. The number of carbonyl (C=O) groups excluding carboxylic acids is 2. The van der Waals surface area contributed by atoms with Crippen LogP contribution in [0.25, 0.3) is 0 Å². The lowest BCUT2D eigenvalue weighted by atomic mass is 10.1.